The minimum atomic E-state index is -0.855. The molecule has 0 saturated carbocycles. The molecule has 3 aliphatic rings. The summed E-state index contributed by atoms with van der Waals surface area (Å²) in [5.41, 5.74) is 2.57. The van der Waals surface area contributed by atoms with Crippen LogP contribution in [0.25, 0.3) is 11.1 Å². The summed E-state index contributed by atoms with van der Waals surface area (Å²) in [4.78, 5) is 62.7. The van der Waals surface area contributed by atoms with Crippen molar-refractivity contribution in [2.24, 2.45) is 0 Å². The number of ether oxygens (including phenoxy) is 4. The van der Waals surface area contributed by atoms with E-state index in [0.717, 1.165) is 22.3 Å². The van der Waals surface area contributed by atoms with Crippen molar-refractivity contribution in [3.63, 3.8) is 0 Å². The molecule has 0 bridgehead atoms. The standard InChI is InChI=1S/C45H67N5O9/c1-43(2,3)57-39(52)28-46-18-20-47(29-40(53)58-44(4,5)6)22-24-49(25-23-48(21-19-46)30-41(54)59-45(7,8)9)37-26-50(27-38(37)51)42(55)56-31-36-34-16-12-10-14-32(34)33-15-11-13-17-35(33)36/h10-17,36-38,51H,18-31H2,1-9H3/t37-,38-/m0/s1. The Balaban J connectivity index is 1.32. The maximum absolute atomic E-state index is 13.7. The highest BCUT2D eigenvalue weighted by atomic mass is 16.6. The van der Waals surface area contributed by atoms with Gasteiger partial charge in [0.1, 0.15) is 23.4 Å². The van der Waals surface area contributed by atoms with Crippen molar-refractivity contribution in [2.45, 2.75) is 97.2 Å². The van der Waals surface area contributed by atoms with Crippen LogP contribution in [0.15, 0.2) is 48.5 Å². The zero-order valence-electron chi connectivity index (χ0n) is 36.7. The molecular weight excluding hydrogens is 755 g/mol. The summed E-state index contributed by atoms with van der Waals surface area (Å²) in [5.74, 6) is -1.16. The number of likely N-dealkylation sites (tertiary alicyclic amines) is 1. The minimum Gasteiger partial charge on any atom is -0.459 e. The SMILES string of the molecule is CC(C)(C)OC(=O)CN1CCN(CC(=O)OC(C)(C)C)CCN([C@H]2CN(C(=O)OCC3c4ccccc4-c4ccccc43)C[C@@H]2O)CCN(CC(=O)OC(C)(C)C)CC1. The summed E-state index contributed by atoms with van der Waals surface area (Å²) in [6.45, 7) is 20.7. The van der Waals surface area contributed by atoms with Gasteiger partial charge in [-0.25, -0.2) is 4.79 Å². The Bertz CT molecular complexity index is 1680. The maximum Gasteiger partial charge on any atom is 0.409 e. The average Bonchev–Trinajstić information content (AvgIpc) is 3.66. The van der Waals surface area contributed by atoms with E-state index in [9.17, 15) is 24.3 Å². The number of carbonyl (C=O) groups is 4. The molecule has 2 heterocycles. The molecule has 326 valence electrons. The first-order valence-corrected chi connectivity index (χ1v) is 21.0. The molecule has 2 aliphatic heterocycles. The van der Waals surface area contributed by atoms with Gasteiger partial charge < -0.3 is 29.0 Å². The first kappa shape index (κ1) is 46.0. The van der Waals surface area contributed by atoms with E-state index < -0.39 is 35.0 Å². The van der Waals surface area contributed by atoms with Gasteiger partial charge in [-0.05, 0) is 84.6 Å². The second-order valence-corrected chi connectivity index (χ2v) is 19.0. The molecule has 59 heavy (non-hydrogen) atoms. The second-order valence-electron chi connectivity index (χ2n) is 19.0. The summed E-state index contributed by atoms with van der Waals surface area (Å²) < 4.78 is 23.0. The van der Waals surface area contributed by atoms with E-state index in [1.807, 2.05) is 101 Å². The van der Waals surface area contributed by atoms with E-state index in [1.165, 1.54) is 0 Å². The third-order valence-corrected chi connectivity index (χ3v) is 10.5. The lowest BCUT2D eigenvalue weighted by Gasteiger charge is -2.37. The van der Waals surface area contributed by atoms with Crippen LogP contribution >= 0.6 is 0 Å². The Morgan fingerprint density at radius 1 is 0.576 bits per heavy atom. The molecule has 14 heteroatoms. The van der Waals surface area contributed by atoms with Crippen molar-refractivity contribution >= 4 is 24.0 Å². The van der Waals surface area contributed by atoms with Gasteiger partial charge in [-0.15, -0.1) is 0 Å². The monoisotopic (exact) mass is 821 g/mol. The smallest absolute Gasteiger partial charge is 0.409 e. The molecule has 1 N–H and O–H groups in total. The number of amides is 1. The molecule has 2 atom stereocenters. The molecule has 0 unspecified atom stereocenters. The molecule has 2 fully saturated rings. The number of hydrogen-bond donors (Lipinski definition) is 1. The lowest BCUT2D eigenvalue weighted by atomic mass is 9.98. The third-order valence-electron chi connectivity index (χ3n) is 10.5. The van der Waals surface area contributed by atoms with Crippen LogP contribution in [-0.2, 0) is 33.3 Å². The summed E-state index contributed by atoms with van der Waals surface area (Å²) in [6, 6.07) is 16.0. The summed E-state index contributed by atoms with van der Waals surface area (Å²) >= 11 is 0. The van der Waals surface area contributed by atoms with Gasteiger partial charge in [-0.2, -0.15) is 0 Å². The molecule has 2 aromatic carbocycles. The number of carbonyl (C=O) groups excluding carboxylic acids is 4. The molecule has 2 aromatic rings. The quantitative estimate of drug-likeness (QED) is 0.285. The Labute approximate surface area is 350 Å². The van der Waals surface area contributed by atoms with Crippen molar-refractivity contribution in [3.8, 4) is 11.1 Å². The number of fused-ring (bicyclic) bond motifs is 3. The first-order valence-electron chi connectivity index (χ1n) is 21.0. The van der Waals surface area contributed by atoms with Crippen molar-refractivity contribution in [1.82, 2.24) is 24.5 Å². The van der Waals surface area contributed by atoms with Crippen LogP contribution in [0.5, 0.6) is 0 Å². The highest BCUT2D eigenvalue weighted by Gasteiger charge is 2.40. The van der Waals surface area contributed by atoms with E-state index in [2.05, 4.69) is 29.2 Å². The van der Waals surface area contributed by atoms with Crippen LogP contribution in [0.3, 0.4) is 0 Å². The maximum atomic E-state index is 13.7. The van der Waals surface area contributed by atoms with Gasteiger partial charge in [0, 0.05) is 64.8 Å². The lowest BCUT2D eigenvalue weighted by molar-refractivity contribution is -0.158. The fraction of sp³-hybridized carbons (Fsp3) is 0.644. The van der Waals surface area contributed by atoms with Gasteiger partial charge in [-0.1, -0.05) is 48.5 Å². The van der Waals surface area contributed by atoms with Gasteiger partial charge in [0.25, 0.3) is 0 Å². The van der Waals surface area contributed by atoms with E-state index >= 15 is 0 Å². The van der Waals surface area contributed by atoms with E-state index in [0.29, 0.717) is 52.4 Å². The molecule has 0 spiro atoms. The number of esters is 3. The van der Waals surface area contributed by atoms with Crippen molar-refractivity contribution in [2.75, 3.05) is 91.7 Å². The minimum absolute atomic E-state index is 0.0370. The van der Waals surface area contributed by atoms with Crippen LogP contribution in [0.2, 0.25) is 0 Å². The molecule has 1 aliphatic carbocycles. The largest absolute Gasteiger partial charge is 0.459 e. The first-order chi connectivity index (χ1) is 27.6. The number of rotatable bonds is 9. The van der Waals surface area contributed by atoms with Gasteiger partial charge in [0.05, 0.1) is 38.3 Å². The predicted octanol–water partition coefficient (Wildman–Crippen LogP) is 4.23. The van der Waals surface area contributed by atoms with Crippen LogP contribution in [0.1, 0.15) is 79.4 Å². The fourth-order valence-corrected chi connectivity index (χ4v) is 7.99. The third kappa shape index (κ3) is 14.0. The average molecular weight is 822 g/mol. The zero-order valence-corrected chi connectivity index (χ0v) is 36.7. The van der Waals surface area contributed by atoms with Crippen LogP contribution < -0.4 is 0 Å². The molecule has 2 saturated heterocycles. The number of aliphatic hydroxyl groups excluding tert-OH is 1. The Morgan fingerprint density at radius 3 is 1.34 bits per heavy atom. The summed E-state index contributed by atoms with van der Waals surface area (Å²) in [5, 5.41) is 11.5. The van der Waals surface area contributed by atoms with E-state index in [4.69, 9.17) is 18.9 Å². The lowest BCUT2D eigenvalue weighted by Crippen LogP contribution is -2.53. The van der Waals surface area contributed by atoms with Crippen LogP contribution in [0, 0.1) is 0 Å². The van der Waals surface area contributed by atoms with Crippen LogP contribution in [-0.4, -0.2) is 174 Å². The number of hydrogen-bond acceptors (Lipinski definition) is 13. The fourth-order valence-electron chi connectivity index (χ4n) is 7.99. The number of aliphatic hydroxyl groups is 1. The number of benzene rings is 2. The molecule has 1 amide bonds. The summed E-state index contributed by atoms with van der Waals surface area (Å²) in [6.07, 6.45) is -1.34. The normalized spacial score (nSPS) is 20.9. The highest BCUT2D eigenvalue weighted by molar-refractivity contribution is 5.79. The molecular formula is C45H67N5O9. The van der Waals surface area contributed by atoms with Crippen molar-refractivity contribution in [1.29, 1.82) is 0 Å². The van der Waals surface area contributed by atoms with Gasteiger partial charge >= 0.3 is 24.0 Å². The Hall–Kier alpha value is -4.08. The number of nitrogens with zero attached hydrogens (tertiary/aromatic N) is 5. The van der Waals surface area contributed by atoms with Gasteiger partial charge in [0.15, 0.2) is 0 Å². The second kappa shape index (κ2) is 19.5. The Morgan fingerprint density at radius 2 is 0.949 bits per heavy atom. The molecule has 0 radical (unpaired) electrons. The molecule has 0 aromatic heterocycles. The molecule has 5 rings (SSSR count). The Kier molecular flexibility index (Phi) is 15.2. The van der Waals surface area contributed by atoms with Crippen LogP contribution in [0.4, 0.5) is 4.79 Å². The van der Waals surface area contributed by atoms with Gasteiger partial charge in [-0.3, -0.25) is 34.0 Å². The van der Waals surface area contributed by atoms with E-state index in [1.54, 1.807) is 4.90 Å². The predicted molar refractivity (Wildman–Crippen MR) is 225 cm³/mol. The zero-order chi connectivity index (χ0) is 43.1. The van der Waals surface area contributed by atoms with Crippen molar-refractivity contribution < 1.29 is 43.2 Å². The van der Waals surface area contributed by atoms with Crippen molar-refractivity contribution in [3.05, 3.63) is 59.7 Å². The summed E-state index contributed by atoms with van der Waals surface area (Å²) in [7, 11) is 0. The topological polar surface area (TPSA) is 142 Å². The molecule has 14 nitrogen and oxygen atoms in total. The van der Waals surface area contributed by atoms with E-state index in [-0.39, 0.29) is 63.2 Å². The van der Waals surface area contributed by atoms with Gasteiger partial charge in [0.2, 0.25) is 0 Å². The number of β-amino-alcohol motifs (C(OH)–C–C–N with tert-alkyl or cyclic N) is 1. The highest BCUT2D eigenvalue weighted by Crippen LogP contribution is 2.44.